The van der Waals surface area contributed by atoms with Gasteiger partial charge in [0.2, 0.25) is 0 Å². The van der Waals surface area contributed by atoms with Crippen molar-refractivity contribution in [3.63, 3.8) is 0 Å². The molecule has 3 aromatic carbocycles. The summed E-state index contributed by atoms with van der Waals surface area (Å²) in [6.45, 7) is 0.600. The predicted molar refractivity (Wildman–Crippen MR) is 124 cm³/mol. The molecule has 0 bridgehead atoms. The molecular formula is C26H21NO6. The largest absolute Gasteiger partial charge is 0.423 e. The van der Waals surface area contributed by atoms with Gasteiger partial charge < -0.3 is 19.2 Å². The highest BCUT2D eigenvalue weighted by Crippen LogP contribution is 2.23. The zero-order valence-corrected chi connectivity index (χ0v) is 17.9. The van der Waals surface area contributed by atoms with Crippen molar-refractivity contribution in [1.29, 1.82) is 0 Å². The molecule has 0 aliphatic rings. The SMILES string of the molecule is COCCNC(=O)c1cc2ccc(OC(=O)c3ccc(-c4ccccc4)cc3)cc2oc1=O. The average molecular weight is 443 g/mol. The zero-order valence-electron chi connectivity index (χ0n) is 17.9. The van der Waals surface area contributed by atoms with E-state index in [-0.39, 0.29) is 23.4 Å². The van der Waals surface area contributed by atoms with E-state index >= 15 is 0 Å². The first-order chi connectivity index (χ1) is 16.0. The Bertz CT molecular complexity index is 1340. The molecule has 0 aliphatic carbocycles. The van der Waals surface area contributed by atoms with Crippen molar-refractivity contribution in [2.45, 2.75) is 0 Å². The third kappa shape index (κ3) is 5.16. The number of nitrogens with one attached hydrogen (secondary N) is 1. The lowest BCUT2D eigenvalue weighted by Crippen LogP contribution is -2.30. The van der Waals surface area contributed by atoms with Gasteiger partial charge in [-0.25, -0.2) is 9.59 Å². The lowest BCUT2D eigenvalue weighted by Gasteiger charge is -2.07. The molecule has 7 nitrogen and oxygen atoms in total. The molecule has 1 amide bonds. The number of methoxy groups -OCH3 is 1. The number of carbonyl (C=O) groups is 2. The fraction of sp³-hybridized carbons (Fsp3) is 0.115. The molecule has 0 saturated heterocycles. The number of benzene rings is 3. The van der Waals surface area contributed by atoms with Gasteiger partial charge in [0.25, 0.3) is 5.91 Å². The number of ether oxygens (including phenoxy) is 2. The molecule has 7 heteroatoms. The summed E-state index contributed by atoms with van der Waals surface area (Å²) < 4.78 is 15.6. The predicted octanol–water partition coefficient (Wildman–Crippen LogP) is 4.06. The standard InChI is InChI=1S/C26H21NO6/c1-31-14-13-27-24(28)22-15-20-11-12-21(16-23(20)33-26(22)30)32-25(29)19-9-7-18(8-10-19)17-5-3-2-4-6-17/h2-12,15-16H,13-14H2,1H3,(H,27,28). The van der Waals surface area contributed by atoms with Gasteiger partial charge >= 0.3 is 11.6 Å². The van der Waals surface area contributed by atoms with Crippen molar-refractivity contribution in [1.82, 2.24) is 5.32 Å². The second-order valence-corrected chi connectivity index (χ2v) is 7.23. The van der Waals surface area contributed by atoms with Gasteiger partial charge in [0, 0.05) is 25.1 Å². The number of amides is 1. The number of hydrogen-bond donors (Lipinski definition) is 1. The molecule has 33 heavy (non-hydrogen) atoms. The highest BCUT2D eigenvalue weighted by Gasteiger charge is 2.15. The third-order valence-corrected chi connectivity index (χ3v) is 4.98. The maximum atomic E-state index is 12.6. The lowest BCUT2D eigenvalue weighted by molar-refractivity contribution is 0.0734. The monoisotopic (exact) mass is 443 g/mol. The molecule has 0 unspecified atom stereocenters. The van der Waals surface area contributed by atoms with E-state index in [1.54, 1.807) is 24.3 Å². The van der Waals surface area contributed by atoms with Gasteiger partial charge in [-0.3, -0.25) is 4.79 Å². The molecule has 166 valence electrons. The van der Waals surface area contributed by atoms with Gasteiger partial charge in [0.05, 0.1) is 12.2 Å². The Balaban J connectivity index is 1.49. The zero-order chi connectivity index (χ0) is 23.2. The molecular weight excluding hydrogens is 422 g/mol. The maximum absolute atomic E-state index is 12.6. The summed E-state index contributed by atoms with van der Waals surface area (Å²) in [5.74, 6) is -0.859. The van der Waals surface area contributed by atoms with Gasteiger partial charge in [-0.1, -0.05) is 42.5 Å². The molecule has 1 heterocycles. The fourth-order valence-corrected chi connectivity index (χ4v) is 3.27. The first-order valence-electron chi connectivity index (χ1n) is 10.3. The quantitative estimate of drug-likeness (QED) is 0.200. The lowest BCUT2D eigenvalue weighted by atomic mass is 10.0. The van der Waals surface area contributed by atoms with Crippen LogP contribution in [0.15, 0.2) is 88.1 Å². The van der Waals surface area contributed by atoms with Crippen LogP contribution in [0.4, 0.5) is 0 Å². The molecule has 0 saturated carbocycles. The van der Waals surface area contributed by atoms with Crippen LogP contribution < -0.4 is 15.7 Å². The van der Waals surface area contributed by atoms with Gasteiger partial charge in [0.15, 0.2) is 0 Å². The second kappa shape index (κ2) is 9.93. The highest BCUT2D eigenvalue weighted by molar-refractivity contribution is 5.97. The smallest absolute Gasteiger partial charge is 0.349 e. The molecule has 0 atom stereocenters. The summed E-state index contributed by atoms with van der Waals surface area (Å²) >= 11 is 0. The Morgan fingerprint density at radius 2 is 1.64 bits per heavy atom. The first-order valence-corrected chi connectivity index (χ1v) is 10.3. The van der Waals surface area contributed by atoms with Crippen molar-refractivity contribution in [3.8, 4) is 16.9 Å². The van der Waals surface area contributed by atoms with Crippen LogP contribution in [-0.2, 0) is 4.74 Å². The van der Waals surface area contributed by atoms with Crippen molar-refractivity contribution in [2.24, 2.45) is 0 Å². The van der Waals surface area contributed by atoms with Crippen LogP contribution in [0, 0.1) is 0 Å². The van der Waals surface area contributed by atoms with E-state index in [1.165, 1.54) is 19.2 Å². The van der Waals surface area contributed by atoms with E-state index in [4.69, 9.17) is 13.9 Å². The van der Waals surface area contributed by atoms with E-state index in [9.17, 15) is 14.4 Å². The van der Waals surface area contributed by atoms with Crippen LogP contribution in [0.5, 0.6) is 5.75 Å². The van der Waals surface area contributed by atoms with Crippen LogP contribution in [0.2, 0.25) is 0 Å². The number of rotatable bonds is 7. The van der Waals surface area contributed by atoms with E-state index in [1.807, 2.05) is 42.5 Å². The Hall–Kier alpha value is -4.23. The molecule has 4 aromatic rings. The van der Waals surface area contributed by atoms with Crippen molar-refractivity contribution >= 4 is 22.8 Å². The fourth-order valence-electron chi connectivity index (χ4n) is 3.27. The number of fused-ring (bicyclic) bond motifs is 1. The minimum atomic E-state index is -0.780. The van der Waals surface area contributed by atoms with Crippen molar-refractivity contribution in [2.75, 3.05) is 20.3 Å². The van der Waals surface area contributed by atoms with Crippen LogP contribution >= 0.6 is 0 Å². The Kier molecular flexibility index (Phi) is 6.61. The second-order valence-electron chi connectivity index (χ2n) is 7.23. The van der Waals surface area contributed by atoms with E-state index in [2.05, 4.69) is 5.32 Å². The van der Waals surface area contributed by atoms with Crippen molar-refractivity contribution in [3.05, 3.63) is 100 Å². The van der Waals surface area contributed by atoms with E-state index < -0.39 is 17.5 Å². The Labute approximate surface area is 189 Å². The molecule has 0 fully saturated rings. The number of hydrogen-bond acceptors (Lipinski definition) is 6. The van der Waals surface area contributed by atoms with Gasteiger partial charge in [-0.2, -0.15) is 0 Å². The van der Waals surface area contributed by atoms with Crippen LogP contribution in [-0.4, -0.2) is 32.1 Å². The maximum Gasteiger partial charge on any atom is 0.349 e. The number of carbonyl (C=O) groups excluding carboxylic acids is 2. The van der Waals surface area contributed by atoms with Crippen molar-refractivity contribution < 1.29 is 23.5 Å². The normalized spacial score (nSPS) is 10.7. The Morgan fingerprint density at radius 3 is 2.36 bits per heavy atom. The molecule has 1 N–H and O–H groups in total. The molecule has 0 spiro atoms. The van der Waals surface area contributed by atoms with E-state index in [0.29, 0.717) is 17.6 Å². The molecule has 4 rings (SSSR count). The minimum absolute atomic E-state index is 0.109. The summed E-state index contributed by atoms with van der Waals surface area (Å²) in [6, 6.07) is 23.0. The van der Waals surface area contributed by atoms with Crippen LogP contribution in [0.3, 0.4) is 0 Å². The summed E-state index contributed by atoms with van der Waals surface area (Å²) in [5.41, 5.74) is 1.74. The topological polar surface area (TPSA) is 94.8 Å². The van der Waals surface area contributed by atoms with Gasteiger partial charge in [-0.05, 0) is 41.5 Å². The van der Waals surface area contributed by atoms with E-state index in [0.717, 1.165) is 11.1 Å². The Morgan fingerprint density at radius 1 is 0.909 bits per heavy atom. The van der Waals surface area contributed by atoms with Gasteiger partial charge in [0.1, 0.15) is 16.9 Å². The molecule has 0 aliphatic heterocycles. The van der Waals surface area contributed by atoms with Crippen LogP contribution in [0.25, 0.3) is 22.1 Å². The average Bonchev–Trinajstić information content (AvgIpc) is 2.84. The third-order valence-electron chi connectivity index (χ3n) is 4.98. The highest BCUT2D eigenvalue weighted by atomic mass is 16.5. The summed E-state index contributed by atoms with van der Waals surface area (Å²) in [7, 11) is 1.51. The molecule has 1 aromatic heterocycles. The minimum Gasteiger partial charge on any atom is -0.423 e. The summed E-state index contributed by atoms with van der Waals surface area (Å²) in [6.07, 6.45) is 0. The first kappa shape index (κ1) is 22.0. The molecule has 0 radical (unpaired) electrons. The van der Waals surface area contributed by atoms with Crippen LogP contribution in [0.1, 0.15) is 20.7 Å². The van der Waals surface area contributed by atoms with Gasteiger partial charge in [-0.15, -0.1) is 0 Å². The number of esters is 1. The summed E-state index contributed by atoms with van der Waals surface area (Å²) in [5, 5.41) is 3.11. The summed E-state index contributed by atoms with van der Waals surface area (Å²) in [4.78, 5) is 37.0.